The van der Waals surface area contributed by atoms with Gasteiger partial charge in [0.15, 0.2) is 0 Å². The third kappa shape index (κ3) is 13.1. The molecule has 5 heteroatoms. The lowest BCUT2D eigenvalue weighted by atomic mass is 9.90. The van der Waals surface area contributed by atoms with Crippen molar-refractivity contribution in [2.75, 3.05) is 26.4 Å². The van der Waals surface area contributed by atoms with Gasteiger partial charge in [-0.25, -0.2) is 0 Å². The van der Waals surface area contributed by atoms with Gasteiger partial charge in [-0.05, 0) is 38.0 Å². The van der Waals surface area contributed by atoms with E-state index in [0.717, 1.165) is 51.4 Å². The van der Waals surface area contributed by atoms with Crippen molar-refractivity contribution in [2.45, 2.75) is 117 Å². The van der Waals surface area contributed by atoms with Gasteiger partial charge in [0.1, 0.15) is 12.2 Å². The van der Waals surface area contributed by atoms with Gasteiger partial charge in [-0.1, -0.05) is 66.0 Å². The molecule has 0 aliphatic heterocycles. The van der Waals surface area contributed by atoms with Gasteiger partial charge in [-0.15, -0.1) is 13.2 Å². The molecular formula is C27H52O5. The number of aliphatic hydroxyl groups excluding tert-OH is 1. The van der Waals surface area contributed by atoms with Crippen molar-refractivity contribution in [1.29, 1.82) is 0 Å². The molecule has 0 saturated heterocycles. The van der Waals surface area contributed by atoms with Crippen LogP contribution in [0.1, 0.15) is 86.0 Å². The monoisotopic (exact) mass is 456 g/mol. The van der Waals surface area contributed by atoms with Crippen LogP contribution in [0.3, 0.4) is 0 Å². The minimum absolute atomic E-state index is 0.120. The molecule has 0 aromatic heterocycles. The van der Waals surface area contributed by atoms with Crippen molar-refractivity contribution in [1.82, 2.24) is 0 Å². The smallest absolute Gasteiger partial charge is 0.113 e. The Hall–Kier alpha value is -0.720. The second-order valence-corrected chi connectivity index (χ2v) is 8.65. The first-order chi connectivity index (χ1) is 15.5. The van der Waals surface area contributed by atoms with E-state index in [1.807, 2.05) is 6.08 Å². The first kappa shape index (κ1) is 31.3. The van der Waals surface area contributed by atoms with Crippen LogP contribution in [0.25, 0.3) is 0 Å². The standard InChI is InChI=1S/C27H52O5/c1-8-14-18-29-25(22(7)17-11-4)27(31-20-16-10-3)26(30-19-15-9-2)24(13-6)32-21-23(28)12-5/h11-12,22-28H,4-5,8-10,13-21H2,1-3,6-7H3/t22?,23?,24-,25+,26-,27?/m0/s1. The van der Waals surface area contributed by atoms with Gasteiger partial charge >= 0.3 is 0 Å². The summed E-state index contributed by atoms with van der Waals surface area (Å²) in [6.45, 7) is 20.6. The van der Waals surface area contributed by atoms with Gasteiger partial charge in [0.05, 0.1) is 24.9 Å². The van der Waals surface area contributed by atoms with Crippen LogP contribution in [-0.2, 0) is 18.9 Å². The molecule has 0 heterocycles. The molecule has 0 radical (unpaired) electrons. The summed E-state index contributed by atoms with van der Waals surface area (Å²) in [5.41, 5.74) is 0. The Bertz CT molecular complexity index is 442. The highest BCUT2D eigenvalue weighted by molar-refractivity contribution is 4.90. The first-order valence-electron chi connectivity index (χ1n) is 12.9. The van der Waals surface area contributed by atoms with E-state index in [4.69, 9.17) is 18.9 Å². The van der Waals surface area contributed by atoms with Crippen molar-refractivity contribution in [3.63, 3.8) is 0 Å². The van der Waals surface area contributed by atoms with Gasteiger partial charge in [-0.3, -0.25) is 0 Å². The zero-order valence-corrected chi connectivity index (χ0v) is 21.6. The molecule has 0 aromatic carbocycles. The van der Waals surface area contributed by atoms with Crippen molar-refractivity contribution in [2.24, 2.45) is 5.92 Å². The predicted octanol–water partition coefficient (Wildman–Crippen LogP) is 6.10. The maximum absolute atomic E-state index is 9.97. The minimum Gasteiger partial charge on any atom is -0.387 e. The second-order valence-electron chi connectivity index (χ2n) is 8.65. The fourth-order valence-corrected chi connectivity index (χ4v) is 3.60. The number of aliphatic hydroxyl groups is 1. The molecule has 3 unspecified atom stereocenters. The highest BCUT2D eigenvalue weighted by Gasteiger charge is 2.39. The minimum atomic E-state index is -0.698. The molecule has 0 amide bonds. The summed E-state index contributed by atoms with van der Waals surface area (Å²) in [5.74, 6) is 0.240. The normalized spacial score (nSPS) is 17.3. The van der Waals surface area contributed by atoms with E-state index in [0.29, 0.717) is 19.8 Å². The average molecular weight is 457 g/mol. The van der Waals surface area contributed by atoms with Crippen LogP contribution in [0.15, 0.2) is 25.3 Å². The summed E-state index contributed by atoms with van der Waals surface area (Å²) >= 11 is 0. The van der Waals surface area contributed by atoms with Crippen molar-refractivity contribution < 1.29 is 24.1 Å². The zero-order valence-electron chi connectivity index (χ0n) is 21.6. The van der Waals surface area contributed by atoms with Gasteiger partial charge in [0.2, 0.25) is 0 Å². The molecule has 0 fully saturated rings. The Morgan fingerprint density at radius 2 is 1.25 bits per heavy atom. The molecule has 0 aromatic rings. The van der Waals surface area contributed by atoms with E-state index < -0.39 is 6.10 Å². The first-order valence-corrected chi connectivity index (χ1v) is 12.9. The number of unbranched alkanes of at least 4 members (excludes halogenated alkanes) is 3. The molecule has 6 atom stereocenters. The fourth-order valence-electron chi connectivity index (χ4n) is 3.60. The molecular weight excluding hydrogens is 404 g/mol. The number of allylic oxidation sites excluding steroid dienone is 1. The number of hydrogen-bond acceptors (Lipinski definition) is 5. The number of ether oxygens (including phenoxy) is 4. The molecule has 0 spiro atoms. The van der Waals surface area contributed by atoms with Crippen LogP contribution in [0.2, 0.25) is 0 Å². The third-order valence-electron chi connectivity index (χ3n) is 5.69. The van der Waals surface area contributed by atoms with E-state index in [1.165, 1.54) is 6.08 Å². The molecule has 5 nitrogen and oxygen atoms in total. The van der Waals surface area contributed by atoms with Gasteiger partial charge < -0.3 is 24.1 Å². The molecule has 0 aliphatic rings. The average Bonchev–Trinajstić information content (AvgIpc) is 2.79. The van der Waals surface area contributed by atoms with E-state index in [9.17, 15) is 5.11 Å². The van der Waals surface area contributed by atoms with Crippen LogP contribution in [0.5, 0.6) is 0 Å². The maximum Gasteiger partial charge on any atom is 0.113 e. The highest BCUT2D eigenvalue weighted by Crippen LogP contribution is 2.27. The summed E-state index contributed by atoms with van der Waals surface area (Å²) < 4.78 is 25.5. The summed E-state index contributed by atoms with van der Waals surface area (Å²) in [6, 6.07) is 0. The highest BCUT2D eigenvalue weighted by atomic mass is 16.6. The summed E-state index contributed by atoms with van der Waals surface area (Å²) in [7, 11) is 0. The number of hydrogen-bond donors (Lipinski definition) is 1. The molecule has 1 N–H and O–H groups in total. The Labute approximate surface area is 198 Å². The zero-order chi connectivity index (χ0) is 24.2. The summed E-state index contributed by atoms with van der Waals surface area (Å²) in [5, 5.41) is 9.97. The van der Waals surface area contributed by atoms with E-state index >= 15 is 0 Å². The van der Waals surface area contributed by atoms with Crippen LogP contribution < -0.4 is 0 Å². The van der Waals surface area contributed by atoms with Crippen molar-refractivity contribution >= 4 is 0 Å². The van der Waals surface area contributed by atoms with Crippen LogP contribution in [0.4, 0.5) is 0 Å². The van der Waals surface area contributed by atoms with Crippen LogP contribution >= 0.6 is 0 Å². The number of rotatable bonds is 23. The predicted molar refractivity (Wildman–Crippen MR) is 134 cm³/mol. The summed E-state index contributed by atoms with van der Waals surface area (Å²) in [6.07, 6.45) is 9.68. The maximum atomic E-state index is 9.97. The van der Waals surface area contributed by atoms with Gasteiger partial charge in [0, 0.05) is 19.8 Å². The topological polar surface area (TPSA) is 57.2 Å². The van der Waals surface area contributed by atoms with Crippen molar-refractivity contribution in [3.8, 4) is 0 Å². The molecule has 0 rings (SSSR count). The van der Waals surface area contributed by atoms with Gasteiger partial charge in [-0.2, -0.15) is 0 Å². The lowest BCUT2D eigenvalue weighted by Gasteiger charge is -2.39. The van der Waals surface area contributed by atoms with E-state index in [-0.39, 0.29) is 36.9 Å². The Morgan fingerprint density at radius 3 is 1.69 bits per heavy atom. The lowest BCUT2D eigenvalue weighted by Crippen LogP contribution is -2.52. The molecule has 0 aliphatic carbocycles. The fraction of sp³-hybridized carbons (Fsp3) is 0.852. The second kappa shape index (κ2) is 20.9. The van der Waals surface area contributed by atoms with Gasteiger partial charge in [0.25, 0.3) is 0 Å². The molecule has 32 heavy (non-hydrogen) atoms. The summed E-state index contributed by atoms with van der Waals surface area (Å²) in [4.78, 5) is 0. The Balaban J connectivity index is 5.89. The van der Waals surface area contributed by atoms with E-state index in [2.05, 4.69) is 47.8 Å². The van der Waals surface area contributed by atoms with E-state index in [1.54, 1.807) is 0 Å². The SMILES string of the molecule is C=CCC(C)[C@@H](OCCCC)C(OCCCC)[C@@H](OCCCC)[C@H](CC)OCC(O)C=C. The molecule has 0 saturated carbocycles. The quantitative estimate of drug-likeness (QED) is 0.149. The molecule has 0 bridgehead atoms. The Morgan fingerprint density at radius 1 is 0.750 bits per heavy atom. The third-order valence-corrected chi connectivity index (χ3v) is 5.69. The van der Waals surface area contributed by atoms with Crippen LogP contribution in [-0.4, -0.2) is 62.1 Å². The molecule has 190 valence electrons. The largest absolute Gasteiger partial charge is 0.387 e. The Kier molecular flexibility index (Phi) is 20.4. The van der Waals surface area contributed by atoms with Crippen LogP contribution in [0, 0.1) is 5.92 Å². The lowest BCUT2D eigenvalue weighted by molar-refractivity contribution is -0.191. The van der Waals surface area contributed by atoms with Crippen molar-refractivity contribution in [3.05, 3.63) is 25.3 Å².